The maximum atomic E-state index is 11.1. The Kier molecular flexibility index (Phi) is 5.90. The van der Waals surface area contributed by atoms with Gasteiger partial charge in [-0.1, -0.05) is 60.7 Å². The monoisotopic (exact) mass is 438 g/mol. The quantitative estimate of drug-likeness (QED) is 0.322. The van der Waals surface area contributed by atoms with Gasteiger partial charge in [-0.05, 0) is 28.3 Å². The van der Waals surface area contributed by atoms with Crippen molar-refractivity contribution >= 4 is 82.1 Å². The van der Waals surface area contributed by atoms with E-state index in [1.54, 1.807) is 42.5 Å². The first kappa shape index (κ1) is 21.9. The normalized spacial score (nSPS) is 12.1. The van der Waals surface area contributed by atoms with E-state index >= 15 is 0 Å². The molecule has 144 valence electrons. The SMILES string of the molecule is O=S(=O)(O)c1c2ccc3cc2ccc13.O=S(=O)(O)c1cccc2ccccc12.[NaH]. The van der Waals surface area contributed by atoms with Gasteiger partial charge in [0.1, 0.15) is 9.79 Å². The van der Waals surface area contributed by atoms with Crippen LogP contribution in [0, 0.1) is 0 Å². The molecule has 0 fully saturated rings. The van der Waals surface area contributed by atoms with Gasteiger partial charge in [-0.25, -0.2) is 0 Å². The fourth-order valence-corrected chi connectivity index (χ4v) is 5.04. The molecule has 0 saturated heterocycles. The van der Waals surface area contributed by atoms with Crippen molar-refractivity contribution in [1.29, 1.82) is 0 Å². The van der Waals surface area contributed by atoms with E-state index in [-0.39, 0.29) is 39.3 Å². The van der Waals surface area contributed by atoms with Crippen LogP contribution in [0.4, 0.5) is 0 Å². The molecule has 2 N–H and O–H groups in total. The molecule has 9 heteroatoms. The Balaban J connectivity index is 0.000000160. The summed E-state index contributed by atoms with van der Waals surface area (Å²) in [6.07, 6.45) is 0. The summed E-state index contributed by atoms with van der Waals surface area (Å²) in [4.78, 5) is 0.00519. The third-order valence-electron chi connectivity index (χ3n) is 4.57. The van der Waals surface area contributed by atoms with Gasteiger partial charge in [0.2, 0.25) is 0 Å². The van der Waals surface area contributed by atoms with Crippen LogP contribution in [0.2, 0.25) is 0 Å². The molecule has 0 amide bonds. The van der Waals surface area contributed by atoms with Crippen LogP contribution in [0.1, 0.15) is 0 Å². The number of hydrogen-bond acceptors (Lipinski definition) is 4. The number of benzene rings is 7. The Bertz CT molecular complexity index is 1440. The molecule has 29 heavy (non-hydrogen) atoms. The molecular weight excluding hydrogens is 423 g/mol. The second-order valence-electron chi connectivity index (χ2n) is 6.31. The average molecular weight is 438 g/mol. The molecule has 0 atom stereocenters. The van der Waals surface area contributed by atoms with E-state index in [1.807, 2.05) is 24.3 Å². The van der Waals surface area contributed by atoms with Crippen molar-refractivity contribution in [3.05, 3.63) is 72.8 Å². The second-order valence-corrected chi connectivity index (χ2v) is 9.05. The molecule has 0 aromatic heterocycles. The molecule has 7 aromatic carbocycles. The van der Waals surface area contributed by atoms with Crippen molar-refractivity contribution in [2.24, 2.45) is 0 Å². The van der Waals surface area contributed by atoms with Crippen LogP contribution in [0.25, 0.3) is 32.3 Å². The zero-order chi connectivity index (χ0) is 20.1. The van der Waals surface area contributed by atoms with Gasteiger partial charge in [0.25, 0.3) is 20.2 Å². The van der Waals surface area contributed by atoms with Gasteiger partial charge < -0.3 is 0 Å². The van der Waals surface area contributed by atoms with Gasteiger partial charge in [0.05, 0.1) is 0 Å². The maximum absolute atomic E-state index is 11.1. The molecule has 7 aromatic rings. The summed E-state index contributed by atoms with van der Waals surface area (Å²) < 4.78 is 62.3. The molecular formula is C20H15NaO6S2. The zero-order valence-corrected chi connectivity index (χ0v) is 15.9. The molecule has 0 aliphatic carbocycles. The van der Waals surface area contributed by atoms with Crippen LogP contribution in [0.15, 0.2) is 82.6 Å². The topological polar surface area (TPSA) is 109 Å². The zero-order valence-electron chi connectivity index (χ0n) is 14.3. The molecule has 4 bridgehead atoms. The summed E-state index contributed by atoms with van der Waals surface area (Å²) in [6.45, 7) is 0. The van der Waals surface area contributed by atoms with Crippen molar-refractivity contribution < 1.29 is 25.9 Å². The molecule has 6 nitrogen and oxygen atoms in total. The summed E-state index contributed by atoms with van der Waals surface area (Å²) in [7, 11) is -8.24. The molecule has 0 aliphatic heterocycles. The Labute approximate surface area is 189 Å². The van der Waals surface area contributed by atoms with Crippen molar-refractivity contribution in [3.63, 3.8) is 0 Å². The summed E-state index contributed by atoms with van der Waals surface area (Å²) in [5.41, 5.74) is 0. The standard InChI is InChI=1S/C10H6O3S.C10H8O3S.Na.H/c11-14(12,13)10-8-3-1-6-5-7(8)2-4-9(6)10;11-14(12,13)10-7-3-5-8-4-1-2-6-9(8)10;;/h1-5H,(H,11,12,13);1-7H,(H,11,12,13);;. The Morgan fingerprint density at radius 3 is 1.62 bits per heavy atom. The predicted octanol–water partition coefficient (Wildman–Crippen LogP) is 3.55. The molecule has 0 unspecified atom stereocenters. The van der Waals surface area contributed by atoms with Gasteiger partial charge in [0.15, 0.2) is 0 Å². The van der Waals surface area contributed by atoms with Crippen molar-refractivity contribution in [3.8, 4) is 0 Å². The first-order chi connectivity index (χ1) is 13.2. The van der Waals surface area contributed by atoms with Crippen molar-refractivity contribution in [2.75, 3.05) is 0 Å². The third kappa shape index (κ3) is 4.10. The third-order valence-corrected chi connectivity index (χ3v) is 6.43. The van der Waals surface area contributed by atoms with Crippen molar-refractivity contribution in [2.45, 2.75) is 9.79 Å². The van der Waals surface area contributed by atoms with Gasteiger partial charge in [-0.2, -0.15) is 16.8 Å². The van der Waals surface area contributed by atoms with E-state index in [1.165, 1.54) is 6.07 Å². The first-order valence-corrected chi connectivity index (χ1v) is 11.0. The van der Waals surface area contributed by atoms with E-state index in [2.05, 4.69) is 0 Å². The fraction of sp³-hybridized carbons (Fsp3) is 0. The first-order valence-electron chi connectivity index (χ1n) is 8.16. The van der Waals surface area contributed by atoms with Gasteiger partial charge in [-0.15, -0.1) is 0 Å². The average Bonchev–Trinajstić information content (AvgIpc) is 2.66. The van der Waals surface area contributed by atoms with Gasteiger partial charge in [-0.3, -0.25) is 9.11 Å². The number of hydrogen-bond donors (Lipinski definition) is 2. The summed E-state index contributed by atoms with van der Waals surface area (Å²) >= 11 is 0. The van der Waals surface area contributed by atoms with Crippen LogP contribution in [0.3, 0.4) is 0 Å². The van der Waals surface area contributed by atoms with E-state index in [9.17, 15) is 16.8 Å². The molecule has 0 aliphatic rings. The van der Waals surface area contributed by atoms with E-state index in [4.69, 9.17) is 9.11 Å². The minimum absolute atomic E-state index is 0. The van der Waals surface area contributed by atoms with Crippen LogP contribution in [0.5, 0.6) is 0 Å². The summed E-state index contributed by atoms with van der Waals surface area (Å²) in [6, 6.07) is 20.9. The molecule has 0 saturated carbocycles. The Hall–Kier alpha value is -1.78. The van der Waals surface area contributed by atoms with Gasteiger partial charge >= 0.3 is 29.6 Å². The predicted molar refractivity (Wildman–Crippen MR) is 115 cm³/mol. The molecule has 0 heterocycles. The van der Waals surface area contributed by atoms with Crippen molar-refractivity contribution in [1.82, 2.24) is 0 Å². The van der Waals surface area contributed by atoms with E-state index in [0.717, 1.165) is 16.2 Å². The van der Waals surface area contributed by atoms with E-state index in [0.29, 0.717) is 16.2 Å². The fourth-order valence-electron chi connectivity index (χ4n) is 3.39. The summed E-state index contributed by atoms with van der Waals surface area (Å²) in [5, 5.41) is 4.23. The molecule has 0 spiro atoms. The second kappa shape index (κ2) is 7.81. The molecule has 0 radical (unpaired) electrons. The van der Waals surface area contributed by atoms with Crippen LogP contribution >= 0.6 is 0 Å². The number of rotatable bonds is 2. The molecule has 7 rings (SSSR count). The Morgan fingerprint density at radius 2 is 1.10 bits per heavy atom. The summed E-state index contributed by atoms with van der Waals surface area (Å²) in [5.74, 6) is 0. The van der Waals surface area contributed by atoms with E-state index < -0.39 is 20.2 Å². The number of fused-ring (bicyclic) bond motifs is 3. The van der Waals surface area contributed by atoms with Gasteiger partial charge in [0, 0.05) is 16.2 Å². The van der Waals surface area contributed by atoms with Crippen LogP contribution < -0.4 is 0 Å². The van der Waals surface area contributed by atoms with Crippen LogP contribution in [-0.4, -0.2) is 55.5 Å². The van der Waals surface area contributed by atoms with Crippen LogP contribution in [-0.2, 0) is 20.2 Å². The Morgan fingerprint density at radius 1 is 0.552 bits per heavy atom. The minimum atomic E-state index is -4.13.